The van der Waals surface area contributed by atoms with E-state index in [0.29, 0.717) is 16.3 Å². The van der Waals surface area contributed by atoms with Gasteiger partial charge in [0.1, 0.15) is 22.4 Å². The third-order valence-electron chi connectivity index (χ3n) is 3.35. The molecule has 3 heterocycles. The van der Waals surface area contributed by atoms with Gasteiger partial charge in [-0.1, -0.05) is 23.4 Å². The Hall–Kier alpha value is -2.91. The molecule has 0 saturated carbocycles. The van der Waals surface area contributed by atoms with Crippen LogP contribution in [0.15, 0.2) is 80.4 Å². The van der Waals surface area contributed by atoms with Gasteiger partial charge < -0.3 is 8.94 Å². The first-order valence-corrected chi connectivity index (χ1v) is 9.42. The lowest BCUT2D eigenvalue weighted by molar-refractivity contribution is 0.422. The van der Waals surface area contributed by atoms with E-state index in [1.54, 1.807) is 42.5 Å². The summed E-state index contributed by atoms with van der Waals surface area (Å²) in [6.07, 6.45) is 4.17. The number of oxazole rings is 1. The van der Waals surface area contributed by atoms with Gasteiger partial charge in [-0.3, -0.25) is 0 Å². The maximum atomic E-state index is 13.2. The first kappa shape index (κ1) is 15.6. The van der Waals surface area contributed by atoms with Crippen molar-refractivity contribution in [3.05, 3.63) is 67.3 Å². The zero-order chi connectivity index (χ0) is 17.3. The van der Waals surface area contributed by atoms with Crippen molar-refractivity contribution in [2.75, 3.05) is 4.31 Å². The molecular weight excluding hydrogens is 362 g/mol. The Morgan fingerprint density at radius 2 is 1.84 bits per heavy atom. The Labute approximate surface area is 147 Å². The summed E-state index contributed by atoms with van der Waals surface area (Å²) in [6, 6.07) is 13.5. The minimum atomic E-state index is -3.91. The molecule has 0 atom stereocenters. The Kier molecular flexibility index (Phi) is 3.86. The average molecular weight is 373 g/mol. The number of benzene rings is 1. The Morgan fingerprint density at radius 3 is 2.52 bits per heavy atom. The van der Waals surface area contributed by atoms with Crippen molar-refractivity contribution in [1.82, 2.24) is 10.1 Å². The van der Waals surface area contributed by atoms with Gasteiger partial charge in [0.05, 0.1) is 16.8 Å². The first-order chi connectivity index (χ1) is 12.2. The van der Waals surface area contributed by atoms with Crippen LogP contribution in [0.5, 0.6) is 0 Å². The van der Waals surface area contributed by atoms with Crippen LogP contribution in [0.3, 0.4) is 0 Å². The van der Waals surface area contributed by atoms with Crippen molar-refractivity contribution < 1.29 is 17.4 Å². The number of sulfonamides is 1. The maximum absolute atomic E-state index is 13.2. The summed E-state index contributed by atoms with van der Waals surface area (Å²) in [5.41, 5.74) is 1.01. The number of aromatic nitrogens is 2. The van der Waals surface area contributed by atoms with Crippen LogP contribution in [-0.2, 0) is 10.0 Å². The predicted octanol–water partition coefficient (Wildman–Crippen LogP) is 3.92. The molecule has 0 radical (unpaired) electrons. The summed E-state index contributed by atoms with van der Waals surface area (Å²) in [5.74, 6) is 0. The zero-order valence-electron chi connectivity index (χ0n) is 12.6. The van der Waals surface area contributed by atoms with Crippen molar-refractivity contribution in [2.45, 2.75) is 4.21 Å². The maximum Gasteiger partial charge on any atom is 0.316 e. The number of rotatable bonds is 5. The van der Waals surface area contributed by atoms with Crippen LogP contribution in [0, 0.1) is 0 Å². The van der Waals surface area contributed by atoms with E-state index in [1.165, 1.54) is 24.8 Å². The van der Waals surface area contributed by atoms with Gasteiger partial charge in [0.2, 0.25) is 0 Å². The minimum absolute atomic E-state index is 0.0254. The van der Waals surface area contributed by atoms with Crippen LogP contribution >= 0.6 is 11.3 Å². The van der Waals surface area contributed by atoms with Crippen molar-refractivity contribution in [3.63, 3.8) is 0 Å². The lowest BCUT2D eigenvalue weighted by Crippen LogP contribution is -2.25. The summed E-state index contributed by atoms with van der Waals surface area (Å²) in [6.45, 7) is 0. The molecule has 0 amide bonds. The van der Waals surface area contributed by atoms with Crippen molar-refractivity contribution >= 4 is 33.1 Å². The van der Waals surface area contributed by atoms with Gasteiger partial charge in [-0.2, -0.15) is 12.7 Å². The Bertz CT molecular complexity index is 1060. The topological polar surface area (TPSA) is 89.4 Å². The molecule has 7 nitrogen and oxygen atoms in total. The predicted molar refractivity (Wildman–Crippen MR) is 92.1 cm³/mol. The van der Waals surface area contributed by atoms with Crippen LogP contribution < -0.4 is 4.31 Å². The number of hydrogen-bond donors (Lipinski definition) is 0. The van der Waals surface area contributed by atoms with Crippen LogP contribution in [0.1, 0.15) is 0 Å². The monoisotopic (exact) mass is 373 g/mol. The molecule has 0 fully saturated rings. The van der Waals surface area contributed by atoms with E-state index in [9.17, 15) is 8.42 Å². The highest BCUT2D eigenvalue weighted by Crippen LogP contribution is 2.36. The molecule has 0 aliphatic rings. The van der Waals surface area contributed by atoms with Gasteiger partial charge in [0.15, 0.2) is 0 Å². The molecule has 0 unspecified atom stereocenters. The van der Waals surface area contributed by atoms with Gasteiger partial charge in [-0.15, -0.1) is 11.3 Å². The molecule has 4 aromatic rings. The van der Waals surface area contributed by atoms with E-state index in [4.69, 9.17) is 8.94 Å². The van der Waals surface area contributed by atoms with Crippen LogP contribution in [-0.4, -0.2) is 18.6 Å². The molecule has 0 saturated heterocycles. The van der Waals surface area contributed by atoms with E-state index in [0.717, 1.165) is 15.6 Å². The summed E-state index contributed by atoms with van der Waals surface area (Å²) in [5, 5.41) is 3.83. The first-order valence-electron chi connectivity index (χ1n) is 7.17. The summed E-state index contributed by atoms with van der Waals surface area (Å²) < 4.78 is 37.7. The van der Waals surface area contributed by atoms with E-state index in [2.05, 4.69) is 10.1 Å². The minimum Gasteiger partial charge on any atom is -0.431 e. The second-order valence-electron chi connectivity index (χ2n) is 4.92. The fourth-order valence-corrected chi connectivity index (χ4v) is 4.99. The SMILES string of the molecule is O=S(=O)(c1ccc(-c2ccon2)s1)N(c1ccccc1)c1ncco1. The number of para-hydroxylation sites is 1. The van der Waals surface area contributed by atoms with Crippen molar-refractivity contribution in [2.24, 2.45) is 0 Å². The van der Waals surface area contributed by atoms with E-state index in [1.807, 2.05) is 0 Å². The molecule has 0 bridgehead atoms. The Balaban J connectivity index is 1.81. The smallest absolute Gasteiger partial charge is 0.316 e. The van der Waals surface area contributed by atoms with Crippen molar-refractivity contribution in [1.29, 1.82) is 0 Å². The van der Waals surface area contributed by atoms with Crippen LogP contribution in [0.25, 0.3) is 10.6 Å². The molecule has 126 valence electrons. The average Bonchev–Trinajstić information content (AvgIpc) is 3.37. The van der Waals surface area contributed by atoms with Gasteiger partial charge in [-0.05, 0) is 24.3 Å². The van der Waals surface area contributed by atoms with Crippen molar-refractivity contribution in [3.8, 4) is 10.6 Å². The second-order valence-corrected chi connectivity index (χ2v) is 8.02. The fourth-order valence-electron chi connectivity index (χ4n) is 2.26. The molecule has 9 heteroatoms. The van der Waals surface area contributed by atoms with Crippen LogP contribution in [0.4, 0.5) is 11.7 Å². The van der Waals surface area contributed by atoms with E-state index in [-0.39, 0.29) is 10.2 Å². The molecular formula is C16H11N3O4S2. The Morgan fingerprint density at radius 1 is 1.00 bits per heavy atom. The van der Waals surface area contributed by atoms with Gasteiger partial charge in [0, 0.05) is 6.07 Å². The molecule has 3 aromatic heterocycles. The molecule has 0 aliphatic carbocycles. The largest absolute Gasteiger partial charge is 0.431 e. The number of hydrogen-bond acceptors (Lipinski definition) is 7. The highest BCUT2D eigenvalue weighted by atomic mass is 32.2. The molecule has 1 aromatic carbocycles. The number of thiophene rings is 1. The lowest BCUT2D eigenvalue weighted by atomic mass is 10.3. The quantitative estimate of drug-likeness (QED) is 0.527. The van der Waals surface area contributed by atoms with Gasteiger partial charge in [0.25, 0.3) is 10.0 Å². The molecule has 25 heavy (non-hydrogen) atoms. The molecule has 4 rings (SSSR count). The normalized spacial score (nSPS) is 11.5. The van der Waals surface area contributed by atoms with E-state index >= 15 is 0 Å². The van der Waals surface area contributed by atoms with Crippen LogP contribution in [0.2, 0.25) is 0 Å². The molecule has 0 N–H and O–H groups in total. The van der Waals surface area contributed by atoms with Gasteiger partial charge >= 0.3 is 6.01 Å². The fraction of sp³-hybridized carbons (Fsp3) is 0. The second kappa shape index (κ2) is 6.19. The molecule has 0 spiro atoms. The zero-order valence-corrected chi connectivity index (χ0v) is 14.3. The standard InChI is InChI=1S/C16H11N3O4S2/c20-25(21,15-7-6-14(24-15)13-8-10-23-18-13)19(16-17-9-11-22-16)12-4-2-1-3-5-12/h1-11H. The van der Waals surface area contributed by atoms with Gasteiger partial charge in [-0.25, -0.2) is 4.98 Å². The summed E-state index contributed by atoms with van der Waals surface area (Å²) in [7, 11) is -3.91. The highest BCUT2D eigenvalue weighted by molar-refractivity contribution is 7.95. The lowest BCUT2D eigenvalue weighted by Gasteiger charge is -2.19. The molecule has 0 aliphatic heterocycles. The number of anilines is 2. The third kappa shape index (κ3) is 2.83. The number of nitrogens with zero attached hydrogens (tertiary/aromatic N) is 3. The third-order valence-corrected chi connectivity index (χ3v) is 6.63. The van der Waals surface area contributed by atoms with E-state index < -0.39 is 10.0 Å². The summed E-state index contributed by atoms with van der Waals surface area (Å²) >= 11 is 1.10. The highest BCUT2D eigenvalue weighted by Gasteiger charge is 2.31. The summed E-state index contributed by atoms with van der Waals surface area (Å²) in [4.78, 5) is 4.69.